The summed E-state index contributed by atoms with van der Waals surface area (Å²) in [6, 6.07) is 15.8. The fraction of sp³-hybridized carbons (Fsp3) is 0.462. The van der Waals surface area contributed by atoms with Gasteiger partial charge in [0.1, 0.15) is 5.75 Å². The molecule has 5 aromatic rings. The number of thiophene rings is 1. The summed E-state index contributed by atoms with van der Waals surface area (Å²) in [5.74, 6) is 1.12. The smallest absolute Gasteiger partial charge is 0.127 e. The molecule has 0 atom stereocenters. The zero-order valence-corrected chi connectivity index (χ0v) is 28.3. The van der Waals surface area contributed by atoms with Crippen LogP contribution in [0.5, 0.6) is 5.75 Å². The first-order valence-corrected chi connectivity index (χ1v) is 16.3. The highest BCUT2D eigenvalue weighted by Crippen LogP contribution is 2.57. The molecule has 3 heteroatoms. The van der Waals surface area contributed by atoms with Crippen LogP contribution in [0.4, 0.5) is 0 Å². The van der Waals surface area contributed by atoms with Crippen LogP contribution in [0.3, 0.4) is 0 Å². The molecule has 0 saturated heterocycles. The zero-order valence-electron chi connectivity index (χ0n) is 27.5. The Labute approximate surface area is 256 Å². The summed E-state index contributed by atoms with van der Waals surface area (Å²) in [5, 5.41) is 5.37. The van der Waals surface area contributed by atoms with Gasteiger partial charge in [0.2, 0.25) is 0 Å². The van der Waals surface area contributed by atoms with E-state index in [4.69, 9.17) is 9.72 Å². The van der Waals surface area contributed by atoms with Gasteiger partial charge in [-0.1, -0.05) is 93.5 Å². The molecular formula is C39H47NOS. The Morgan fingerprint density at radius 1 is 0.833 bits per heavy atom. The van der Waals surface area contributed by atoms with E-state index in [0.717, 1.165) is 24.3 Å². The van der Waals surface area contributed by atoms with E-state index in [0.29, 0.717) is 0 Å². The molecule has 0 amide bonds. The van der Waals surface area contributed by atoms with E-state index in [2.05, 4.69) is 112 Å². The van der Waals surface area contributed by atoms with E-state index in [1.165, 1.54) is 65.2 Å². The Bertz CT molecular complexity index is 1860. The topological polar surface area (TPSA) is 22.1 Å². The Morgan fingerprint density at radius 2 is 1.50 bits per heavy atom. The number of rotatable bonds is 3. The SMILES string of the molecule is COc1c2c(c3c(sc4c(-c5cc(C(C)(C)C)c6ccccc6c5)nccc43)c1CC(C)(C)C)C(C)(C)CCC2(C)C. The minimum atomic E-state index is 0.0194. The second kappa shape index (κ2) is 9.55. The first-order valence-electron chi connectivity index (χ1n) is 15.5. The van der Waals surface area contributed by atoms with Gasteiger partial charge < -0.3 is 4.74 Å². The number of pyridine rings is 1. The third-order valence-corrected chi connectivity index (χ3v) is 10.7. The number of hydrogen-bond donors (Lipinski definition) is 0. The van der Waals surface area contributed by atoms with Crippen molar-refractivity contribution in [2.24, 2.45) is 5.41 Å². The second-order valence-electron chi connectivity index (χ2n) is 16.1. The number of fused-ring (bicyclic) bond motifs is 6. The van der Waals surface area contributed by atoms with Crippen LogP contribution in [0, 0.1) is 5.41 Å². The molecule has 1 aliphatic rings. The number of aromatic nitrogens is 1. The molecule has 2 heterocycles. The fourth-order valence-corrected chi connectivity index (χ4v) is 8.72. The Morgan fingerprint density at radius 3 is 2.14 bits per heavy atom. The van der Waals surface area contributed by atoms with Gasteiger partial charge in [0, 0.05) is 38.4 Å². The number of methoxy groups -OCH3 is 1. The largest absolute Gasteiger partial charge is 0.496 e. The second-order valence-corrected chi connectivity index (χ2v) is 17.1. The summed E-state index contributed by atoms with van der Waals surface area (Å²) in [4.78, 5) is 5.11. The van der Waals surface area contributed by atoms with Gasteiger partial charge in [-0.15, -0.1) is 11.3 Å². The summed E-state index contributed by atoms with van der Waals surface area (Å²) >= 11 is 1.93. The molecule has 0 N–H and O–H groups in total. The molecule has 0 spiro atoms. The van der Waals surface area contributed by atoms with Gasteiger partial charge in [0.05, 0.1) is 17.5 Å². The Hall–Kier alpha value is -2.91. The summed E-state index contributed by atoms with van der Waals surface area (Å²) < 4.78 is 9.10. The third kappa shape index (κ3) is 4.64. The van der Waals surface area contributed by atoms with Gasteiger partial charge in [0.25, 0.3) is 0 Å². The molecule has 0 aliphatic heterocycles. The normalized spacial score (nSPS) is 16.7. The van der Waals surface area contributed by atoms with Crippen LogP contribution >= 0.6 is 11.3 Å². The monoisotopic (exact) mass is 577 g/mol. The Kier molecular flexibility index (Phi) is 6.63. The van der Waals surface area contributed by atoms with E-state index in [-0.39, 0.29) is 21.7 Å². The lowest BCUT2D eigenvalue weighted by Gasteiger charge is -2.44. The van der Waals surface area contributed by atoms with Crippen LogP contribution in [0.25, 0.3) is 42.2 Å². The number of benzene rings is 3. The summed E-state index contributed by atoms with van der Waals surface area (Å²) in [5.41, 5.74) is 8.17. The van der Waals surface area contributed by atoms with Crippen molar-refractivity contribution in [3.63, 3.8) is 0 Å². The molecule has 6 rings (SSSR count). The van der Waals surface area contributed by atoms with Crippen LogP contribution in [-0.2, 0) is 22.7 Å². The average Bonchev–Trinajstić information content (AvgIpc) is 3.29. The van der Waals surface area contributed by atoms with Crippen LogP contribution in [0.15, 0.2) is 48.7 Å². The summed E-state index contributed by atoms with van der Waals surface area (Å²) in [6.45, 7) is 23.7. The number of hydrogen-bond acceptors (Lipinski definition) is 3. The molecule has 1 aliphatic carbocycles. The number of nitrogens with zero attached hydrogens (tertiary/aromatic N) is 1. The maximum atomic E-state index is 6.43. The molecule has 0 unspecified atom stereocenters. The first-order chi connectivity index (χ1) is 19.5. The molecule has 42 heavy (non-hydrogen) atoms. The molecule has 0 fully saturated rings. The summed E-state index contributed by atoms with van der Waals surface area (Å²) in [6.07, 6.45) is 5.33. The molecule has 0 saturated carbocycles. The lowest BCUT2D eigenvalue weighted by molar-refractivity contribution is 0.311. The highest BCUT2D eigenvalue weighted by atomic mass is 32.1. The highest BCUT2D eigenvalue weighted by Gasteiger charge is 2.43. The van der Waals surface area contributed by atoms with Gasteiger partial charge in [0.15, 0.2) is 0 Å². The third-order valence-electron chi connectivity index (χ3n) is 9.46. The van der Waals surface area contributed by atoms with Crippen LogP contribution in [0.2, 0.25) is 0 Å². The van der Waals surface area contributed by atoms with Gasteiger partial charge in [-0.25, -0.2) is 0 Å². The van der Waals surface area contributed by atoms with Gasteiger partial charge >= 0.3 is 0 Å². The van der Waals surface area contributed by atoms with Crippen molar-refractivity contribution in [2.45, 2.75) is 105 Å². The van der Waals surface area contributed by atoms with Crippen LogP contribution < -0.4 is 4.74 Å². The summed E-state index contributed by atoms with van der Waals surface area (Å²) in [7, 11) is 1.88. The molecule has 0 bridgehead atoms. The average molecular weight is 578 g/mol. The predicted octanol–water partition coefficient (Wildman–Crippen LogP) is 11.5. The van der Waals surface area contributed by atoms with Crippen molar-refractivity contribution in [2.75, 3.05) is 7.11 Å². The standard InChI is InChI=1S/C39H47NOS/c1-36(2,3)22-27-33(41-11)31-30(38(7,8)17-18-39(31,9)10)29-26-16-19-40-32(35(26)42-34(27)29)24-20-23-14-12-13-15-25(23)28(21-24)37(4,5)6/h12-16,19-21H,17-18,22H2,1-11H3. The van der Waals surface area contributed by atoms with Crippen molar-refractivity contribution in [1.82, 2.24) is 4.98 Å². The van der Waals surface area contributed by atoms with Gasteiger partial charge in [-0.2, -0.15) is 0 Å². The van der Waals surface area contributed by atoms with Crippen LogP contribution in [0.1, 0.15) is 104 Å². The minimum absolute atomic E-state index is 0.0194. The fourth-order valence-electron chi connectivity index (χ4n) is 7.36. The zero-order chi connectivity index (χ0) is 30.4. The van der Waals surface area contributed by atoms with Crippen molar-refractivity contribution in [3.8, 4) is 17.0 Å². The van der Waals surface area contributed by atoms with E-state index >= 15 is 0 Å². The van der Waals surface area contributed by atoms with Crippen molar-refractivity contribution in [1.29, 1.82) is 0 Å². The van der Waals surface area contributed by atoms with E-state index in [9.17, 15) is 0 Å². The molecule has 0 radical (unpaired) electrons. The minimum Gasteiger partial charge on any atom is -0.496 e. The maximum absolute atomic E-state index is 6.43. The van der Waals surface area contributed by atoms with Crippen molar-refractivity contribution in [3.05, 3.63) is 70.9 Å². The van der Waals surface area contributed by atoms with Gasteiger partial charge in [-0.3, -0.25) is 4.98 Å². The molecule has 3 aromatic carbocycles. The first kappa shape index (κ1) is 29.2. The molecular weight excluding hydrogens is 531 g/mol. The maximum Gasteiger partial charge on any atom is 0.127 e. The lowest BCUT2D eigenvalue weighted by atomic mass is 9.61. The van der Waals surface area contributed by atoms with Crippen LogP contribution in [-0.4, -0.2) is 12.1 Å². The van der Waals surface area contributed by atoms with E-state index < -0.39 is 0 Å². The van der Waals surface area contributed by atoms with Gasteiger partial charge in [-0.05, 0) is 81.0 Å². The molecule has 2 nitrogen and oxygen atoms in total. The number of ether oxygens (including phenoxy) is 1. The van der Waals surface area contributed by atoms with Crippen molar-refractivity contribution < 1.29 is 4.74 Å². The highest BCUT2D eigenvalue weighted by molar-refractivity contribution is 7.26. The molecule has 2 aromatic heterocycles. The van der Waals surface area contributed by atoms with E-state index in [1.54, 1.807) is 0 Å². The lowest BCUT2D eigenvalue weighted by Crippen LogP contribution is -2.35. The van der Waals surface area contributed by atoms with E-state index in [1.807, 2.05) is 24.6 Å². The quantitative estimate of drug-likeness (QED) is 0.213. The van der Waals surface area contributed by atoms with Crippen molar-refractivity contribution >= 4 is 42.3 Å². The molecule has 220 valence electrons. The predicted molar refractivity (Wildman–Crippen MR) is 184 cm³/mol. The Balaban J connectivity index is 1.78.